The summed E-state index contributed by atoms with van der Waals surface area (Å²) in [6.07, 6.45) is -4.43. The predicted octanol–water partition coefficient (Wildman–Crippen LogP) is 4.38. The van der Waals surface area contributed by atoms with E-state index in [4.69, 9.17) is 0 Å². The van der Waals surface area contributed by atoms with Crippen LogP contribution < -0.4 is 10.6 Å². The summed E-state index contributed by atoms with van der Waals surface area (Å²) in [5, 5.41) is 14.7. The Balaban J connectivity index is 2.12. The van der Waals surface area contributed by atoms with Crippen molar-refractivity contribution in [3.63, 3.8) is 0 Å². The van der Waals surface area contributed by atoms with Gasteiger partial charge in [0.25, 0.3) is 0 Å². The van der Waals surface area contributed by atoms with Crippen LogP contribution in [0.1, 0.15) is 22.4 Å². The summed E-state index contributed by atoms with van der Waals surface area (Å²) in [6, 6.07) is 3.45. The van der Waals surface area contributed by atoms with Crippen molar-refractivity contribution < 1.29 is 23.1 Å². The summed E-state index contributed by atoms with van der Waals surface area (Å²) < 4.78 is 37.5. The van der Waals surface area contributed by atoms with Crippen molar-refractivity contribution in [2.75, 3.05) is 10.6 Å². The number of hydrogen-bond acceptors (Lipinski definition) is 3. The molecule has 0 saturated carbocycles. The molecule has 0 aliphatic carbocycles. The second-order valence-corrected chi connectivity index (χ2v) is 5.30. The normalized spacial score (nSPS) is 11.2. The van der Waals surface area contributed by atoms with Gasteiger partial charge in [-0.05, 0) is 56.2 Å². The van der Waals surface area contributed by atoms with Gasteiger partial charge in [0.15, 0.2) is 0 Å². The van der Waals surface area contributed by atoms with Gasteiger partial charge in [0.05, 0.1) is 11.3 Å². The van der Waals surface area contributed by atoms with Crippen molar-refractivity contribution in [1.29, 1.82) is 0 Å². The van der Waals surface area contributed by atoms with E-state index < -0.39 is 17.8 Å². The van der Waals surface area contributed by atoms with Crippen molar-refractivity contribution in [3.8, 4) is 5.75 Å². The smallest absolute Gasteiger partial charge is 0.416 e. The molecule has 2 rings (SSSR count). The Bertz CT molecular complexity index is 772. The Morgan fingerprint density at radius 3 is 2.17 bits per heavy atom. The van der Waals surface area contributed by atoms with E-state index in [0.29, 0.717) is 16.8 Å². The molecule has 2 aromatic rings. The number of hydrogen-bond donors (Lipinski definition) is 3. The fourth-order valence-corrected chi connectivity index (χ4v) is 2.07. The lowest BCUT2D eigenvalue weighted by Crippen LogP contribution is -2.21. The number of rotatable bonds is 2. The first kappa shape index (κ1) is 17.6. The van der Waals surface area contributed by atoms with Crippen LogP contribution in [-0.2, 0) is 6.18 Å². The number of benzene rings is 1. The Kier molecular flexibility index (Phi) is 4.68. The molecule has 1 aromatic heterocycles. The second kappa shape index (κ2) is 6.38. The number of aromatic hydroxyl groups is 1. The highest BCUT2D eigenvalue weighted by Crippen LogP contribution is 2.30. The fourth-order valence-electron chi connectivity index (χ4n) is 2.07. The minimum Gasteiger partial charge on any atom is -0.506 e. The standard InChI is InChI=1S/C16H16F3N3O2/c1-8-9(2)14(20-10(3)13(8)23)22-15(24)21-12-6-4-11(5-7-12)16(17,18)19/h4-7,23H,1-3H3,(H2,20,21,22,24). The van der Waals surface area contributed by atoms with E-state index in [1.54, 1.807) is 20.8 Å². The third-order valence-corrected chi connectivity index (χ3v) is 3.60. The number of alkyl halides is 3. The first-order valence-electron chi connectivity index (χ1n) is 7.01. The number of pyridine rings is 1. The van der Waals surface area contributed by atoms with E-state index in [2.05, 4.69) is 15.6 Å². The van der Waals surface area contributed by atoms with E-state index in [1.807, 2.05) is 0 Å². The summed E-state index contributed by atoms with van der Waals surface area (Å²) >= 11 is 0. The third-order valence-electron chi connectivity index (χ3n) is 3.60. The Labute approximate surface area is 136 Å². The van der Waals surface area contributed by atoms with Gasteiger partial charge in [-0.25, -0.2) is 9.78 Å². The van der Waals surface area contributed by atoms with E-state index >= 15 is 0 Å². The Morgan fingerprint density at radius 2 is 1.62 bits per heavy atom. The van der Waals surface area contributed by atoms with E-state index in [-0.39, 0.29) is 17.3 Å². The Morgan fingerprint density at radius 1 is 1.04 bits per heavy atom. The zero-order valence-corrected chi connectivity index (χ0v) is 13.2. The topological polar surface area (TPSA) is 74.2 Å². The highest BCUT2D eigenvalue weighted by Gasteiger charge is 2.30. The molecule has 0 bridgehead atoms. The first-order chi connectivity index (χ1) is 11.1. The van der Waals surface area contributed by atoms with Gasteiger partial charge < -0.3 is 10.4 Å². The molecule has 3 N–H and O–H groups in total. The number of aryl methyl sites for hydroxylation is 1. The summed E-state index contributed by atoms with van der Waals surface area (Å²) in [7, 11) is 0. The zero-order valence-electron chi connectivity index (χ0n) is 13.2. The maximum Gasteiger partial charge on any atom is 0.416 e. The summed E-state index contributed by atoms with van der Waals surface area (Å²) in [4.78, 5) is 16.1. The molecule has 1 aromatic carbocycles. The molecule has 0 radical (unpaired) electrons. The molecular formula is C16H16F3N3O2. The number of anilines is 2. The predicted molar refractivity (Wildman–Crippen MR) is 84.2 cm³/mol. The molecule has 24 heavy (non-hydrogen) atoms. The molecule has 0 atom stereocenters. The maximum atomic E-state index is 12.5. The molecule has 0 aliphatic heterocycles. The molecular weight excluding hydrogens is 323 g/mol. The largest absolute Gasteiger partial charge is 0.506 e. The quantitative estimate of drug-likeness (QED) is 0.760. The van der Waals surface area contributed by atoms with Crippen LogP contribution in [0.5, 0.6) is 5.75 Å². The molecule has 0 spiro atoms. The van der Waals surface area contributed by atoms with E-state index in [0.717, 1.165) is 24.3 Å². The number of nitrogens with zero attached hydrogens (tertiary/aromatic N) is 1. The lowest BCUT2D eigenvalue weighted by atomic mass is 10.1. The highest BCUT2D eigenvalue weighted by molar-refractivity contribution is 5.99. The summed E-state index contributed by atoms with van der Waals surface area (Å²) in [5.41, 5.74) is 0.969. The maximum absolute atomic E-state index is 12.5. The molecule has 0 unspecified atom stereocenters. The molecule has 1 heterocycles. The van der Waals surface area contributed by atoms with Crippen LogP contribution in [0.2, 0.25) is 0 Å². The molecule has 8 heteroatoms. The van der Waals surface area contributed by atoms with Crippen LogP contribution in [0.4, 0.5) is 29.5 Å². The number of carbonyl (C=O) groups is 1. The van der Waals surface area contributed by atoms with E-state index in [1.165, 1.54) is 0 Å². The van der Waals surface area contributed by atoms with Crippen molar-refractivity contribution in [1.82, 2.24) is 4.98 Å². The molecule has 5 nitrogen and oxygen atoms in total. The Hall–Kier alpha value is -2.77. The first-order valence-corrected chi connectivity index (χ1v) is 7.01. The lowest BCUT2D eigenvalue weighted by molar-refractivity contribution is -0.137. The van der Waals surface area contributed by atoms with Crippen LogP contribution in [0.3, 0.4) is 0 Å². The average Bonchev–Trinajstić information content (AvgIpc) is 2.50. The number of nitrogens with one attached hydrogen (secondary N) is 2. The molecule has 128 valence electrons. The molecule has 0 saturated heterocycles. The van der Waals surface area contributed by atoms with Crippen molar-refractivity contribution >= 4 is 17.5 Å². The van der Waals surface area contributed by atoms with Gasteiger partial charge in [0.2, 0.25) is 0 Å². The fraction of sp³-hybridized carbons (Fsp3) is 0.250. The number of carbonyl (C=O) groups excluding carboxylic acids is 1. The van der Waals surface area contributed by atoms with Gasteiger partial charge in [-0.2, -0.15) is 13.2 Å². The van der Waals surface area contributed by atoms with Crippen LogP contribution in [0.25, 0.3) is 0 Å². The molecule has 0 fully saturated rings. The third kappa shape index (κ3) is 3.76. The molecule has 0 aliphatic rings. The lowest BCUT2D eigenvalue weighted by Gasteiger charge is -2.13. The summed E-state index contributed by atoms with van der Waals surface area (Å²) in [6.45, 7) is 4.98. The van der Waals surface area contributed by atoms with Crippen molar-refractivity contribution in [2.45, 2.75) is 26.9 Å². The average molecular weight is 339 g/mol. The number of halogens is 3. The SMILES string of the molecule is Cc1nc(NC(=O)Nc2ccc(C(F)(F)F)cc2)c(C)c(C)c1O. The summed E-state index contributed by atoms with van der Waals surface area (Å²) in [5.74, 6) is 0.327. The minimum absolute atomic E-state index is 0.0567. The van der Waals surface area contributed by atoms with Crippen LogP contribution >= 0.6 is 0 Å². The van der Waals surface area contributed by atoms with Crippen LogP contribution in [-0.4, -0.2) is 16.1 Å². The van der Waals surface area contributed by atoms with Crippen LogP contribution in [0.15, 0.2) is 24.3 Å². The van der Waals surface area contributed by atoms with Gasteiger partial charge in [-0.3, -0.25) is 5.32 Å². The van der Waals surface area contributed by atoms with Gasteiger partial charge in [-0.1, -0.05) is 0 Å². The minimum atomic E-state index is -4.43. The van der Waals surface area contributed by atoms with Gasteiger partial charge in [-0.15, -0.1) is 0 Å². The number of amides is 2. The number of urea groups is 1. The van der Waals surface area contributed by atoms with Gasteiger partial charge in [0, 0.05) is 5.69 Å². The van der Waals surface area contributed by atoms with Crippen molar-refractivity contribution in [2.24, 2.45) is 0 Å². The zero-order chi connectivity index (χ0) is 18.1. The van der Waals surface area contributed by atoms with Crippen LogP contribution in [0, 0.1) is 20.8 Å². The van der Waals surface area contributed by atoms with E-state index in [9.17, 15) is 23.1 Å². The van der Waals surface area contributed by atoms with Gasteiger partial charge in [0.1, 0.15) is 11.6 Å². The van der Waals surface area contributed by atoms with Gasteiger partial charge >= 0.3 is 12.2 Å². The second-order valence-electron chi connectivity index (χ2n) is 5.30. The molecule has 2 amide bonds. The van der Waals surface area contributed by atoms with Crippen molar-refractivity contribution in [3.05, 3.63) is 46.6 Å². The monoisotopic (exact) mass is 339 g/mol. The number of aromatic nitrogens is 1. The highest BCUT2D eigenvalue weighted by atomic mass is 19.4.